The number of hydrogen-bond acceptors (Lipinski definition) is 8. The predicted molar refractivity (Wildman–Crippen MR) is 89.9 cm³/mol. The first-order valence-corrected chi connectivity index (χ1v) is 8.88. The van der Waals surface area contributed by atoms with Gasteiger partial charge in [-0.3, -0.25) is 9.59 Å². The number of aliphatic imine (C=N–C) groups is 1. The van der Waals surface area contributed by atoms with Crippen molar-refractivity contribution < 1.29 is 19.1 Å². The van der Waals surface area contributed by atoms with Gasteiger partial charge in [0.2, 0.25) is 5.91 Å². The van der Waals surface area contributed by atoms with E-state index in [0.717, 1.165) is 11.8 Å². The van der Waals surface area contributed by atoms with Crippen LogP contribution in [0.1, 0.15) is 6.92 Å². The first-order chi connectivity index (χ1) is 12.1. The summed E-state index contributed by atoms with van der Waals surface area (Å²) < 4.78 is 4.95. The van der Waals surface area contributed by atoms with Crippen LogP contribution >= 0.6 is 11.8 Å². The average molecular weight is 366 g/mol. The van der Waals surface area contributed by atoms with E-state index in [2.05, 4.69) is 20.5 Å². The number of carbonyl (C=O) groups excluding carboxylic acids is 3. The van der Waals surface area contributed by atoms with Crippen molar-refractivity contribution in [2.75, 3.05) is 38.5 Å². The minimum absolute atomic E-state index is 0.0696. The smallest absolute Gasteiger partial charge is 0.409 e. The molecule has 0 aromatic heterocycles. The second-order valence-corrected chi connectivity index (χ2v) is 6.40. The molecule has 1 fully saturated rings. The summed E-state index contributed by atoms with van der Waals surface area (Å²) in [4.78, 5) is 43.3. The van der Waals surface area contributed by atoms with E-state index < -0.39 is 6.17 Å². The van der Waals surface area contributed by atoms with E-state index in [1.54, 1.807) is 16.7 Å². The summed E-state index contributed by atoms with van der Waals surface area (Å²) in [6.45, 7) is 3.90. The minimum atomic E-state index is -0.598. The molecule has 3 aliphatic heterocycles. The zero-order valence-corrected chi connectivity index (χ0v) is 14.5. The summed E-state index contributed by atoms with van der Waals surface area (Å²) in [7, 11) is 0. The molecular formula is C14H18N6O4S. The van der Waals surface area contributed by atoms with E-state index in [0.29, 0.717) is 43.5 Å². The predicted octanol–water partition coefficient (Wildman–Crippen LogP) is 0.182. The summed E-state index contributed by atoms with van der Waals surface area (Å²) in [5, 5.41) is 10.5. The molecule has 0 saturated carbocycles. The van der Waals surface area contributed by atoms with Crippen LogP contribution in [-0.4, -0.2) is 77.6 Å². The van der Waals surface area contributed by atoms with Crippen LogP contribution in [0, 0.1) is 0 Å². The minimum Gasteiger partial charge on any atom is -0.450 e. The Morgan fingerprint density at radius 2 is 2.04 bits per heavy atom. The highest BCUT2D eigenvalue weighted by atomic mass is 32.2. The van der Waals surface area contributed by atoms with Gasteiger partial charge in [0.15, 0.2) is 11.3 Å². The lowest BCUT2D eigenvalue weighted by Crippen LogP contribution is -2.51. The van der Waals surface area contributed by atoms with Gasteiger partial charge in [0.05, 0.1) is 24.1 Å². The second-order valence-electron chi connectivity index (χ2n) is 5.43. The number of hydrogen-bond donors (Lipinski definition) is 1. The molecule has 25 heavy (non-hydrogen) atoms. The molecule has 0 radical (unpaired) electrons. The normalized spacial score (nSPS) is 22.1. The third kappa shape index (κ3) is 3.98. The standard InChI is InChI=1S/C14H18N6O4S/c1-2-24-14(23)20-5-3-19(4-6-20)10(21)8-25-13-16-11-9(7-15-18-11)12(22)17-13/h7,11H,2-6,8H2,1H3,(H,16,17,22). The molecule has 3 amide bonds. The summed E-state index contributed by atoms with van der Waals surface area (Å²) >= 11 is 1.16. The van der Waals surface area contributed by atoms with Gasteiger partial charge in [-0.1, -0.05) is 11.8 Å². The van der Waals surface area contributed by atoms with Crippen molar-refractivity contribution >= 4 is 34.8 Å². The van der Waals surface area contributed by atoms with Crippen LogP contribution in [0.2, 0.25) is 0 Å². The average Bonchev–Trinajstić information content (AvgIpc) is 3.09. The number of nitrogens with zero attached hydrogens (tertiary/aromatic N) is 5. The van der Waals surface area contributed by atoms with Gasteiger partial charge in [0.1, 0.15) is 0 Å². The molecule has 11 heteroatoms. The van der Waals surface area contributed by atoms with Crippen LogP contribution in [0.3, 0.4) is 0 Å². The Bertz CT molecular complexity index is 668. The Morgan fingerprint density at radius 3 is 2.76 bits per heavy atom. The molecule has 1 unspecified atom stereocenters. The van der Waals surface area contributed by atoms with Gasteiger partial charge < -0.3 is 19.9 Å². The summed E-state index contributed by atoms with van der Waals surface area (Å²) in [5.74, 6) is -0.204. The van der Waals surface area contributed by atoms with Crippen molar-refractivity contribution in [2.45, 2.75) is 13.1 Å². The molecule has 0 bridgehead atoms. The number of azo groups is 1. The summed E-state index contributed by atoms with van der Waals surface area (Å²) in [6.07, 6.45) is 0.441. The Hall–Kier alpha value is -2.43. The Balaban J connectivity index is 1.46. The van der Waals surface area contributed by atoms with Crippen molar-refractivity contribution in [3.8, 4) is 0 Å². The molecule has 3 aliphatic rings. The van der Waals surface area contributed by atoms with E-state index in [1.165, 1.54) is 6.20 Å². The summed E-state index contributed by atoms with van der Waals surface area (Å²) in [6, 6.07) is 0. The fourth-order valence-electron chi connectivity index (χ4n) is 2.52. The van der Waals surface area contributed by atoms with Gasteiger partial charge in [-0.2, -0.15) is 10.2 Å². The molecule has 1 N–H and O–H groups in total. The highest BCUT2D eigenvalue weighted by Gasteiger charge is 2.30. The topological polar surface area (TPSA) is 116 Å². The molecule has 0 aromatic rings. The molecule has 0 aliphatic carbocycles. The number of carbonyl (C=O) groups is 3. The second kappa shape index (κ2) is 7.64. The largest absolute Gasteiger partial charge is 0.450 e. The third-order valence-corrected chi connectivity index (χ3v) is 4.74. The summed E-state index contributed by atoms with van der Waals surface area (Å²) in [5.41, 5.74) is 0.408. The van der Waals surface area contributed by atoms with Crippen molar-refractivity contribution in [1.29, 1.82) is 0 Å². The number of rotatable bonds is 3. The Morgan fingerprint density at radius 1 is 1.32 bits per heavy atom. The van der Waals surface area contributed by atoms with Crippen LogP contribution in [0.25, 0.3) is 0 Å². The van der Waals surface area contributed by atoms with Crippen molar-refractivity contribution in [1.82, 2.24) is 15.1 Å². The highest BCUT2D eigenvalue weighted by Crippen LogP contribution is 2.22. The molecule has 10 nitrogen and oxygen atoms in total. The monoisotopic (exact) mass is 366 g/mol. The van der Waals surface area contributed by atoms with Crippen LogP contribution in [0.4, 0.5) is 4.79 Å². The number of piperazine rings is 1. The molecule has 3 heterocycles. The van der Waals surface area contributed by atoms with Gasteiger partial charge in [-0.25, -0.2) is 9.79 Å². The van der Waals surface area contributed by atoms with E-state index in [1.807, 2.05) is 0 Å². The van der Waals surface area contributed by atoms with Gasteiger partial charge in [0.25, 0.3) is 5.91 Å². The van der Waals surface area contributed by atoms with Gasteiger partial charge >= 0.3 is 6.09 Å². The van der Waals surface area contributed by atoms with Crippen LogP contribution in [-0.2, 0) is 14.3 Å². The number of amidine groups is 1. The SMILES string of the molecule is CCOC(=O)N1CCN(C(=O)CSC2=NC3N=NC=C3C(=O)N2)CC1. The quantitative estimate of drug-likeness (QED) is 0.765. The number of thioether (sulfide) groups is 1. The van der Waals surface area contributed by atoms with Crippen LogP contribution < -0.4 is 5.32 Å². The van der Waals surface area contributed by atoms with Crippen molar-refractivity contribution in [3.05, 3.63) is 11.8 Å². The van der Waals surface area contributed by atoms with Gasteiger partial charge in [-0.15, -0.1) is 0 Å². The molecule has 0 aromatic carbocycles. The van der Waals surface area contributed by atoms with Crippen LogP contribution in [0.5, 0.6) is 0 Å². The van der Waals surface area contributed by atoms with E-state index >= 15 is 0 Å². The number of amides is 3. The maximum atomic E-state index is 12.3. The molecule has 134 valence electrons. The number of fused-ring (bicyclic) bond motifs is 1. The number of ether oxygens (including phenoxy) is 1. The van der Waals surface area contributed by atoms with E-state index in [4.69, 9.17) is 4.74 Å². The van der Waals surface area contributed by atoms with Crippen molar-refractivity contribution in [2.24, 2.45) is 15.2 Å². The first kappa shape index (κ1) is 17.4. The maximum absolute atomic E-state index is 12.3. The highest BCUT2D eigenvalue weighted by molar-refractivity contribution is 8.14. The van der Waals surface area contributed by atoms with E-state index in [-0.39, 0.29) is 23.7 Å². The fraction of sp³-hybridized carbons (Fsp3) is 0.571. The molecule has 3 rings (SSSR count). The third-order valence-electron chi connectivity index (χ3n) is 3.86. The lowest BCUT2D eigenvalue weighted by Gasteiger charge is -2.34. The fourth-order valence-corrected chi connectivity index (χ4v) is 3.30. The first-order valence-electron chi connectivity index (χ1n) is 7.90. The molecular weight excluding hydrogens is 348 g/mol. The molecule has 1 saturated heterocycles. The zero-order chi connectivity index (χ0) is 17.8. The zero-order valence-electron chi connectivity index (χ0n) is 13.7. The van der Waals surface area contributed by atoms with E-state index in [9.17, 15) is 14.4 Å². The van der Waals surface area contributed by atoms with Gasteiger partial charge in [0, 0.05) is 26.2 Å². The molecule has 1 atom stereocenters. The maximum Gasteiger partial charge on any atom is 0.409 e. The van der Waals surface area contributed by atoms with Crippen molar-refractivity contribution in [3.63, 3.8) is 0 Å². The Labute approximate surface area is 148 Å². The lowest BCUT2D eigenvalue weighted by atomic mass is 10.2. The van der Waals surface area contributed by atoms with Gasteiger partial charge in [-0.05, 0) is 6.92 Å². The lowest BCUT2D eigenvalue weighted by molar-refractivity contribution is -0.129. The molecule has 0 spiro atoms. The Kier molecular flexibility index (Phi) is 5.31. The number of nitrogens with one attached hydrogen (secondary N) is 1. The van der Waals surface area contributed by atoms with Crippen LogP contribution in [0.15, 0.2) is 27.0 Å².